The first-order valence-electron chi connectivity index (χ1n) is 12.6. The number of likely N-dealkylation sites (tertiary alicyclic amines) is 1. The molecular weight excluding hydrogens is 499 g/mol. The number of pyridine rings is 1. The van der Waals surface area contributed by atoms with E-state index in [0.29, 0.717) is 31.0 Å². The van der Waals surface area contributed by atoms with Gasteiger partial charge in [-0.3, -0.25) is 14.6 Å². The molecule has 8 nitrogen and oxygen atoms in total. The number of hydrogen-bond donors (Lipinski definition) is 2. The summed E-state index contributed by atoms with van der Waals surface area (Å²) in [4.78, 5) is 33.0. The monoisotopic (exact) mass is 527 g/mol. The Hall–Kier alpha value is -3.73. The Balaban J connectivity index is 1.30. The molecule has 2 aromatic heterocycles. The minimum atomic E-state index is -1.17. The van der Waals surface area contributed by atoms with E-state index in [-0.39, 0.29) is 23.4 Å². The Bertz CT molecular complexity index is 1290. The number of aromatic nitrogens is 2. The fourth-order valence-electron chi connectivity index (χ4n) is 4.84. The maximum Gasteiger partial charge on any atom is 0.273 e. The van der Waals surface area contributed by atoms with E-state index >= 15 is 0 Å². The van der Waals surface area contributed by atoms with Crippen molar-refractivity contribution in [3.8, 4) is 11.3 Å². The van der Waals surface area contributed by atoms with Crippen molar-refractivity contribution in [1.29, 1.82) is 0 Å². The summed E-state index contributed by atoms with van der Waals surface area (Å²) in [5.74, 6) is -4.49. The minimum Gasteiger partial charge on any atom is -0.355 e. The van der Waals surface area contributed by atoms with E-state index in [1.165, 1.54) is 12.8 Å². The van der Waals surface area contributed by atoms with Crippen LogP contribution < -0.4 is 10.6 Å². The predicted molar refractivity (Wildman–Crippen MR) is 131 cm³/mol. The van der Waals surface area contributed by atoms with Crippen LogP contribution in [0.25, 0.3) is 11.3 Å². The molecule has 3 atom stereocenters. The highest BCUT2D eigenvalue weighted by Crippen LogP contribution is 2.32. The third kappa shape index (κ3) is 5.88. The van der Waals surface area contributed by atoms with Crippen LogP contribution >= 0.6 is 0 Å². The molecule has 1 saturated heterocycles. The van der Waals surface area contributed by atoms with Gasteiger partial charge >= 0.3 is 0 Å². The summed E-state index contributed by atoms with van der Waals surface area (Å²) in [6.07, 6.45) is 4.58. The topological polar surface area (TPSA) is 100 Å². The molecule has 3 heterocycles. The lowest BCUT2D eigenvalue weighted by atomic mass is 9.90. The molecule has 38 heavy (non-hydrogen) atoms. The van der Waals surface area contributed by atoms with Gasteiger partial charge in [0, 0.05) is 50.1 Å². The van der Waals surface area contributed by atoms with Gasteiger partial charge in [0.1, 0.15) is 17.5 Å². The van der Waals surface area contributed by atoms with Crippen LogP contribution in [0.15, 0.2) is 47.1 Å². The van der Waals surface area contributed by atoms with Crippen LogP contribution in [-0.4, -0.2) is 52.5 Å². The zero-order chi connectivity index (χ0) is 26.8. The molecule has 200 valence electrons. The summed E-state index contributed by atoms with van der Waals surface area (Å²) in [7, 11) is 0. The lowest BCUT2D eigenvalue weighted by Crippen LogP contribution is -2.56. The Kier molecular flexibility index (Phi) is 7.46. The van der Waals surface area contributed by atoms with Crippen LogP contribution in [0.4, 0.5) is 13.2 Å². The summed E-state index contributed by atoms with van der Waals surface area (Å²) in [6, 6.07) is 6.80. The van der Waals surface area contributed by atoms with Crippen molar-refractivity contribution in [1.82, 2.24) is 25.7 Å². The molecule has 1 aliphatic heterocycles. The maximum absolute atomic E-state index is 14.2. The lowest BCUT2D eigenvalue weighted by Gasteiger charge is -2.38. The predicted octanol–water partition coefficient (Wildman–Crippen LogP) is 3.86. The molecule has 0 spiro atoms. The molecule has 11 heteroatoms. The highest BCUT2D eigenvalue weighted by atomic mass is 19.1. The quantitative estimate of drug-likeness (QED) is 0.462. The van der Waals surface area contributed by atoms with Gasteiger partial charge in [0.05, 0.1) is 23.2 Å². The van der Waals surface area contributed by atoms with E-state index in [1.54, 1.807) is 12.3 Å². The largest absolute Gasteiger partial charge is 0.355 e. The van der Waals surface area contributed by atoms with Gasteiger partial charge in [0.2, 0.25) is 5.91 Å². The minimum absolute atomic E-state index is 0.203. The first-order chi connectivity index (χ1) is 18.3. The van der Waals surface area contributed by atoms with Crippen molar-refractivity contribution >= 4 is 11.8 Å². The normalized spacial score (nSPS) is 20.6. The van der Waals surface area contributed by atoms with Crippen LogP contribution in [0.3, 0.4) is 0 Å². The molecule has 2 N–H and O–H groups in total. The SMILES string of the molecule is C[C@@H](NC(=O)[C@@H]1CN(CC2CC2)CC[C@H]1NC(=O)c1cc(-c2c(F)cc(F)cc2F)on1)c1ccccn1. The number of benzene rings is 1. The van der Waals surface area contributed by atoms with Crippen LogP contribution in [0.1, 0.15) is 48.4 Å². The fourth-order valence-corrected chi connectivity index (χ4v) is 4.84. The number of hydrogen-bond acceptors (Lipinski definition) is 6. The van der Waals surface area contributed by atoms with E-state index in [9.17, 15) is 22.8 Å². The van der Waals surface area contributed by atoms with Gasteiger partial charge in [0.25, 0.3) is 5.91 Å². The molecule has 5 rings (SSSR count). The molecule has 0 unspecified atom stereocenters. The number of carbonyl (C=O) groups is 2. The van der Waals surface area contributed by atoms with Gasteiger partial charge in [-0.15, -0.1) is 0 Å². The first kappa shape index (κ1) is 25.9. The lowest BCUT2D eigenvalue weighted by molar-refractivity contribution is -0.128. The van der Waals surface area contributed by atoms with Gasteiger partial charge < -0.3 is 20.1 Å². The molecule has 0 radical (unpaired) electrons. The van der Waals surface area contributed by atoms with Crippen molar-refractivity contribution in [2.75, 3.05) is 19.6 Å². The molecule has 1 aromatic carbocycles. The summed E-state index contributed by atoms with van der Waals surface area (Å²) in [5, 5.41) is 9.52. The Morgan fingerprint density at radius 1 is 1.13 bits per heavy atom. The standard InChI is InChI=1S/C27H28F3N5O3/c1-15(21-4-2-3-8-31-21)32-26(36)18-14-35(13-16-5-6-16)9-7-22(18)33-27(37)23-12-24(38-34-23)25-19(29)10-17(28)11-20(25)30/h2-4,8,10-12,15-16,18,22H,5-7,9,13-14H2,1H3,(H,32,36)(H,33,37)/t15-,18-,22-/m1/s1. The van der Waals surface area contributed by atoms with Crippen LogP contribution in [0.5, 0.6) is 0 Å². The fraction of sp³-hybridized carbons (Fsp3) is 0.407. The van der Waals surface area contributed by atoms with Gasteiger partial charge in [0.15, 0.2) is 11.5 Å². The van der Waals surface area contributed by atoms with Crippen LogP contribution in [0, 0.1) is 29.3 Å². The summed E-state index contributed by atoms with van der Waals surface area (Å²) in [5.41, 5.74) is -0.0980. The van der Waals surface area contributed by atoms with Gasteiger partial charge in [-0.05, 0) is 44.2 Å². The zero-order valence-electron chi connectivity index (χ0n) is 20.8. The second-order valence-corrected chi connectivity index (χ2v) is 9.98. The number of carbonyl (C=O) groups excluding carboxylic acids is 2. The van der Waals surface area contributed by atoms with Crippen molar-refractivity contribution in [2.24, 2.45) is 11.8 Å². The van der Waals surface area contributed by atoms with Crippen molar-refractivity contribution < 1.29 is 27.3 Å². The van der Waals surface area contributed by atoms with Crippen molar-refractivity contribution in [3.05, 3.63) is 71.4 Å². The highest BCUT2D eigenvalue weighted by molar-refractivity contribution is 5.94. The van der Waals surface area contributed by atoms with Crippen molar-refractivity contribution in [2.45, 2.75) is 38.3 Å². The number of halogens is 3. The molecule has 3 aromatic rings. The second-order valence-electron chi connectivity index (χ2n) is 9.98. The van der Waals surface area contributed by atoms with Crippen molar-refractivity contribution in [3.63, 3.8) is 0 Å². The molecule has 2 fully saturated rings. The average Bonchev–Trinajstić information content (AvgIpc) is 3.57. The molecule has 1 aliphatic carbocycles. The zero-order valence-corrected chi connectivity index (χ0v) is 20.8. The second kappa shape index (κ2) is 10.9. The third-order valence-electron chi connectivity index (χ3n) is 7.05. The maximum atomic E-state index is 14.2. The van der Waals surface area contributed by atoms with Crippen LogP contribution in [-0.2, 0) is 4.79 Å². The molecule has 2 amide bonds. The molecule has 0 bridgehead atoms. The smallest absolute Gasteiger partial charge is 0.273 e. The van der Waals surface area contributed by atoms with E-state index in [0.717, 1.165) is 24.8 Å². The third-order valence-corrected chi connectivity index (χ3v) is 7.05. The van der Waals surface area contributed by atoms with Gasteiger partial charge in [-0.2, -0.15) is 0 Å². The molecular formula is C27H28F3N5O3. The Morgan fingerprint density at radius 2 is 1.89 bits per heavy atom. The van der Waals surface area contributed by atoms with E-state index in [2.05, 4.69) is 25.7 Å². The summed E-state index contributed by atoms with van der Waals surface area (Å²) in [6.45, 7) is 3.97. The summed E-state index contributed by atoms with van der Waals surface area (Å²) >= 11 is 0. The number of nitrogens with one attached hydrogen (secondary N) is 2. The van der Waals surface area contributed by atoms with E-state index in [4.69, 9.17) is 4.52 Å². The molecule has 1 saturated carbocycles. The number of rotatable bonds is 8. The molecule has 2 aliphatic rings. The average molecular weight is 528 g/mol. The van der Waals surface area contributed by atoms with E-state index < -0.39 is 40.9 Å². The van der Waals surface area contributed by atoms with Gasteiger partial charge in [-0.25, -0.2) is 13.2 Å². The Morgan fingerprint density at radius 3 is 2.58 bits per heavy atom. The van der Waals surface area contributed by atoms with E-state index in [1.807, 2.05) is 19.1 Å². The highest BCUT2D eigenvalue weighted by Gasteiger charge is 2.38. The Labute approximate surface area is 217 Å². The summed E-state index contributed by atoms with van der Waals surface area (Å²) < 4.78 is 46.6. The van der Waals surface area contributed by atoms with Crippen LogP contribution in [0.2, 0.25) is 0 Å². The van der Waals surface area contributed by atoms with Gasteiger partial charge in [-0.1, -0.05) is 11.2 Å². The first-order valence-corrected chi connectivity index (χ1v) is 12.6. The number of amides is 2. The number of piperidine rings is 1. The number of nitrogens with zero attached hydrogens (tertiary/aromatic N) is 3.